The Morgan fingerprint density at radius 3 is 2.38 bits per heavy atom. The van der Waals surface area contributed by atoms with Crippen LogP contribution in [-0.2, 0) is 6.42 Å². The van der Waals surface area contributed by atoms with Crippen LogP contribution in [0.2, 0.25) is 0 Å². The SMILES string of the molecule is CCC[C@H](CN[C@@H](CNC)[C@H](C)O)NCCc1ccc(OC)cc1. The maximum Gasteiger partial charge on any atom is 0.118 e. The number of likely N-dealkylation sites (N-methyl/N-ethyl adjacent to an activating group) is 1. The van der Waals surface area contributed by atoms with Gasteiger partial charge in [0.2, 0.25) is 0 Å². The maximum atomic E-state index is 9.82. The van der Waals surface area contributed by atoms with Crippen LogP contribution in [0, 0.1) is 0 Å². The molecule has 0 fully saturated rings. The van der Waals surface area contributed by atoms with Crippen molar-refractivity contribution < 1.29 is 9.84 Å². The van der Waals surface area contributed by atoms with Crippen molar-refractivity contribution in [1.29, 1.82) is 0 Å². The third kappa shape index (κ3) is 8.11. The van der Waals surface area contributed by atoms with Crippen molar-refractivity contribution in [1.82, 2.24) is 16.0 Å². The van der Waals surface area contributed by atoms with Gasteiger partial charge in [-0.2, -0.15) is 0 Å². The summed E-state index contributed by atoms with van der Waals surface area (Å²) in [4.78, 5) is 0. The number of hydrogen-bond acceptors (Lipinski definition) is 5. The van der Waals surface area contributed by atoms with Crippen LogP contribution in [0.1, 0.15) is 32.3 Å². The molecule has 0 amide bonds. The lowest BCUT2D eigenvalue weighted by atomic mass is 10.1. The van der Waals surface area contributed by atoms with E-state index in [1.807, 2.05) is 26.1 Å². The summed E-state index contributed by atoms with van der Waals surface area (Å²) in [6, 6.07) is 8.74. The summed E-state index contributed by atoms with van der Waals surface area (Å²) in [5, 5.41) is 20.1. The Bertz CT molecular complexity index is 423. The predicted molar refractivity (Wildman–Crippen MR) is 101 cm³/mol. The Morgan fingerprint density at radius 1 is 1.12 bits per heavy atom. The summed E-state index contributed by atoms with van der Waals surface area (Å²) in [7, 11) is 3.60. The lowest BCUT2D eigenvalue weighted by Crippen LogP contribution is -2.50. The fourth-order valence-electron chi connectivity index (χ4n) is 2.76. The summed E-state index contributed by atoms with van der Waals surface area (Å²) in [5.41, 5.74) is 1.31. The molecule has 0 aliphatic heterocycles. The fourth-order valence-corrected chi connectivity index (χ4v) is 2.76. The first-order valence-corrected chi connectivity index (χ1v) is 9.03. The Hall–Kier alpha value is -1.14. The van der Waals surface area contributed by atoms with Crippen LogP contribution in [0.3, 0.4) is 0 Å². The molecule has 1 rings (SSSR count). The van der Waals surface area contributed by atoms with E-state index in [1.165, 1.54) is 5.56 Å². The highest BCUT2D eigenvalue weighted by Crippen LogP contribution is 2.11. The van der Waals surface area contributed by atoms with Crippen molar-refractivity contribution >= 4 is 0 Å². The zero-order valence-electron chi connectivity index (χ0n) is 15.6. The third-order valence-electron chi connectivity index (χ3n) is 4.28. The van der Waals surface area contributed by atoms with Crippen molar-refractivity contribution in [3.8, 4) is 5.75 Å². The molecule has 4 N–H and O–H groups in total. The quantitative estimate of drug-likeness (QED) is 0.440. The Balaban J connectivity index is 2.38. The number of hydrogen-bond donors (Lipinski definition) is 4. The van der Waals surface area contributed by atoms with E-state index >= 15 is 0 Å². The molecule has 1 aromatic rings. The number of aliphatic hydroxyl groups excluding tert-OH is 1. The molecule has 0 aliphatic rings. The zero-order chi connectivity index (χ0) is 17.8. The highest BCUT2D eigenvalue weighted by Gasteiger charge is 2.15. The number of ether oxygens (including phenoxy) is 1. The summed E-state index contributed by atoms with van der Waals surface area (Å²) in [5.74, 6) is 0.897. The smallest absolute Gasteiger partial charge is 0.118 e. The van der Waals surface area contributed by atoms with Gasteiger partial charge in [-0.25, -0.2) is 0 Å². The lowest BCUT2D eigenvalue weighted by Gasteiger charge is -2.25. The first-order valence-electron chi connectivity index (χ1n) is 9.03. The lowest BCUT2D eigenvalue weighted by molar-refractivity contribution is 0.142. The predicted octanol–water partition coefficient (Wildman–Crippen LogP) is 1.55. The molecule has 24 heavy (non-hydrogen) atoms. The normalized spacial score (nSPS) is 15.0. The van der Waals surface area contributed by atoms with Gasteiger partial charge in [-0.05, 0) is 51.1 Å². The molecule has 5 nitrogen and oxygen atoms in total. The molecule has 0 unspecified atom stereocenters. The molecule has 0 saturated carbocycles. The van der Waals surface area contributed by atoms with E-state index in [4.69, 9.17) is 4.74 Å². The van der Waals surface area contributed by atoms with Crippen molar-refractivity contribution in [3.63, 3.8) is 0 Å². The van der Waals surface area contributed by atoms with E-state index in [9.17, 15) is 5.11 Å². The molecule has 5 heteroatoms. The minimum Gasteiger partial charge on any atom is -0.497 e. The molecule has 0 radical (unpaired) electrons. The Kier molecular flexibility index (Phi) is 10.7. The van der Waals surface area contributed by atoms with Crippen LogP contribution < -0.4 is 20.7 Å². The van der Waals surface area contributed by atoms with Gasteiger partial charge >= 0.3 is 0 Å². The molecule has 0 heterocycles. The molecule has 138 valence electrons. The fraction of sp³-hybridized carbons (Fsp3) is 0.684. The van der Waals surface area contributed by atoms with Crippen LogP contribution in [0.5, 0.6) is 5.75 Å². The summed E-state index contributed by atoms with van der Waals surface area (Å²) >= 11 is 0. The largest absolute Gasteiger partial charge is 0.497 e. The van der Waals surface area contributed by atoms with Crippen molar-refractivity contribution in [2.75, 3.05) is 33.8 Å². The van der Waals surface area contributed by atoms with Gasteiger partial charge in [-0.3, -0.25) is 0 Å². The second-order valence-corrected chi connectivity index (χ2v) is 6.35. The minimum absolute atomic E-state index is 0.0812. The number of benzene rings is 1. The molecule has 0 aromatic heterocycles. The van der Waals surface area contributed by atoms with E-state index in [0.717, 1.165) is 44.6 Å². The zero-order valence-corrected chi connectivity index (χ0v) is 15.6. The molecule has 0 saturated heterocycles. The number of nitrogens with one attached hydrogen (secondary N) is 3. The van der Waals surface area contributed by atoms with Crippen molar-refractivity contribution in [3.05, 3.63) is 29.8 Å². The monoisotopic (exact) mass is 337 g/mol. The molecule has 0 aliphatic carbocycles. The highest BCUT2D eigenvalue weighted by molar-refractivity contribution is 5.27. The first-order chi connectivity index (χ1) is 11.6. The van der Waals surface area contributed by atoms with Gasteiger partial charge < -0.3 is 25.8 Å². The molecule has 0 spiro atoms. The summed E-state index contributed by atoms with van der Waals surface area (Å²) in [6.45, 7) is 6.62. The van der Waals surface area contributed by atoms with E-state index < -0.39 is 0 Å². The van der Waals surface area contributed by atoms with Crippen LogP contribution in [-0.4, -0.2) is 57.1 Å². The number of methoxy groups -OCH3 is 1. The van der Waals surface area contributed by atoms with Gasteiger partial charge in [0.15, 0.2) is 0 Å². The van der Waals surface area contributed by atoms with Crippen LogP contribution in [0.25, 0.3) is 0 Å². The van der Waals surface area contributed by atoms with Crippen molar-refractivity contribution in [2.24, 2.45) is 0 Å². The van der Waals surface area contributed by atoms with Crippen LogP contribution in [0.15, 0.2) is 24.3 Å². The van der Waals surface area contributed by atoms with Gasteiger partial charge in [0.05, 0.1) is 13.2 Å². The van der Waals surface area contributed by atoms with Gasteiger partial charge in [-0.1, -0.05) is 25.5 Å². The molecule has 1 aromatic carbocycles. The Labute approximate surface area is 147 Å². The van der Waals surface area contributed by atoms with Gasteiger partial charge in [0.1, 0.15) is 5.75 Å². The highest BCUT2D eigenvalue weighted by atomic mass is 16.5. The van der Waals surface area contributed by atoms with E-state index in [0.29, 0.717) is 6.04 Å². The average molecular weight is 338 g/mol. The maximum absolute atomic E-state index is 9.82. The Morgan fingerprint density at radius 2 is 1.83 bits per heavy atom. The van der Waals surface area contributed by atoms with Crippen LogP contribution in [0.4, 0.5) is 0 Å². The molecular formula is C19H35N3O2. The third-order valence-corrected chi connectivity index (χ3v) is 4.28. The molecular weight excluding hydrogens is 302 g/mol. The van der Waals surface area contributed by atoms with Crippen LogP contribution >= 0.6 is 0 Å². The van der Waals surface area contributed by atoms with E-state index in [2.05, 4.69) is 35.0 Å². The standard InChI is InChI=1S/C19H35N3O2/c1-5-6-17(13-22-19(14-20-3)15(2)23)21-12-11-16-7-9-18(24-4)10-8-16/h7-10,15,17,19-23H,5-6,11-14H2,1-4H3/t15-,17+,19-/m0/s1. The van der Waals surface area contributed by atoms with E-state index in [1.54, 1.807) is 7.11 Å². The summed E-state index contributed by atoms with van der Waals surface area (Å²) in [6.07, 6.45) is 2.91. The summed E-state index contributed by atoms with van der Waals surface area (Å²) < 4.78 is 5.19. The van der Waals surface area contributed by atoms with Gasteiger partial charge in [-0.15, -0.1) is 0 Å². The first kappa shape index (κ1) is 20.9. The topological polar surface area (TPSA) is 65.5 Å². The van der Waals surface area contributed by atoms with E-state index in [-0.39, 0.29) is 12.1 Å². The minimum atomic E-state index is -0.362. The van der Waals surface area contributed by atoms with Gasteiger partial charge in [0.25, 0.3) is 0 Å². The second kappa shape index (κ2) is 12.3. The average Bonchev–Trinajstić information content (AvgIpc) is 2.58. The molecule has 0 bridgehead atoms. The number of rotatable bonds is 13. The second-order valence-electron chi connectivity index (χ2n) is 6.35. The van der Waals surface area contributed by atoms with Crippen molar-refractivity contribution in [2.45, 2.75) is 51.3 Å². The number of aliphatic hydroxyl groups is 1. The van der Waals surface area contributed by atoms with Gasteiger partial charge in [0, 0.05) is 25.2 Å². The molecule has 3 atom stereocenters.